The van der Waals surface area contributed by atoms with E-state index >= 15 is 0 Å². The number of aliphatic hydroxyl groups excluding tert-OH is 1. The van der Waals surface area contributed by atoms with Crippen LogP contribution in [0.5, 0.6) is 0 Å². The van der Waals surface area contributed by atoms with E-state index in [0.29, 0.717) is 16.7 Å². The maximum absolute atomic E-state index is 10.2. The van der Waals surface area contributed by atoms with Crippen LogP contribution in [0.2, 0.25) is 0 Å². The fourth-order valence-electron chi connectivity index (χ4n) is 8.32. The molecule has 164 valence electrons. The minimum Gasteiger partial charge on any atom is -0.393 e. The third kappa shape index (κ3) is 3.58. The molecule has 0 saturated heterocycles. The first-order chi connectivity index (χ1) is 13.7. The Morgan fingerprint density at radius 3 is 2.55 bits per heavy atom. The minimum absolute atomic E-state index is 0.0404. The number of fused-ring (bicyclic) bond motifs is 4. The van der Waals surface area contributed by atoms with Crippen molar-refractivity contribution in [1.29, 1.82) is 0 Å². The lowest BCUT2D eigenvalue weighted by Gasteiger charge is -2.55. The average Bonchev–Trinajstić information content (AvgIpc) is 3.03. The van der Waals surface area contributed by atoms with Crippen molar-refractivity contribution in [1.82, 2.24) is 0 Å². The van der Waals surface area contributed by atoms with E-state index in [1.807, 2.05) is 11.1 Å². The number of hydrogen-bond donors (Lipinski definition) is 1. The zero-order valence-corrected chi connectivity index (χ0v) is 19.9. The lowest BCUT2D eigenvalue weighted by atomic mass is 9.50. The van der Waals surface area contributed by atoms with Crippen molar-refractivity contribution in [3.63, 3.8) is 0 Å². The molecule has 0 aromatic rings. The van der Waals surface area contributed by atoms with Crippen LogP contribution < -0.4 is 0 Å². The Morgan fingerprint density at radius 1 is 1.07 bits per heavy atom. The third-order valence-electron chi connectivity index (χ3n) is 10.5. The van der Waals surface area contributed by atoms with Gasteiger partial charge in [0, 0.05) is 0 Å². The Morgan fingerprint density at radius 2 is 1.83 bits per heavy atom. The molecule has 1 heteroatoms. The molecule has 4 aliphatic rings. The summed E-state index contributed by atoms with van der Waals surface area (Å²) in [5.41, 5.74) is 6.12. The summed E-state index contributed by atoms with van der Waals surface area (Å²) >= 11 is 0. The SMILES string of the molecule is C=C(CC[C@@H](C)[C@H]1CC[C@H]2C3=C(CC[C@]12C)[C@@]1(C)CC[C@H](O)CC1CC3)C(C)C. The standard InChI is InChI=1S/C28H46O/c1-18(2)19(3)7-8-20(4)24-11-12-25-23-10-9-21-17-22(29)13-15-27(21,5)26(23)14-16-28(24,25)6/h18,20-22,24-25,29H,3,7-17H2,1-2,4-6H3/t20-,21?,22+,24-,25+,27+,28-/m1/s1. The molecule has 0 heterocycles. The summed E-state index contributed by atoms with van der Waals surface area (Å²) in [5, 5.41) is 10.2. The number of allylic oxidation sites excluding steroid dienone is 3. The summed E-state index contributed by atoms with van der Waals surface area (Å²) < 4.78 is 0. The van der Waals surface area contributed by atoms with Gasteiger partial charge in [0.1, 0.15) is 0 Å². The van der Waals surface area contributed by atoms with E-state index in [1.54, 1.807) is 0 Å². The smallest absolute Gasteiger partial charge is 0.0543 e. The topological polar surface area (TPSA) is 20.2 Å². The van der Waals surface area contributed by atoms with E-state index in [2.05, 4.69) is 41.2 Å². The van der Waals surface area contributed by atoms with Crippen molar-refractivity contribution in [3.05, 3.63) is 23.3 Å². The van der Waals surface area contributed by atoms with Crippen molar-refractivity contribution < 1.29 is 5.11 Å². The van der Waals surface area contributed by atoms with Gasteiger partial charge < -0.3 is 5.11 Å². The molecule has 4 aliphatic carbocycles. The Balaban J connectivity index is 1.53. The molecular weight excluding hydrogens is 352 g/mol. The summed E-state index contributed by atoms with van der Waals surface area (Å²) in [4.78, 5) is 0. The molecule has 0 radical (unpaired) electrons. The maximum Gasteiger partial charge on any atom is 0.0543 e. The molecule has 0 amide bonds. The highest BCUT2D eigenvalue weighted by atomic mass is 16.3. The molecule has 1 nitrogen and oxygen atoms in total. The highest BCUT2D eigenvalue weighted by Gasteiger charge is 2.55. The molecule has 7 atom stereocenters. The molecule has 29 heavy (non-hydrogen) atoms. The van der Waals surface area contributed by atoms with Crippen molar-refractivity contribution >= 4 is 0 Å². The van der Waals surface area contributed by atoms with Gasteiger partial charge in [-0.1, -0.05) is 57.9 Å². The Kier molecular flexibility index (Phi) is 5.86. The summed E-state index contributed by atoms with van der Waals surface area (Å²) in [6.07, 6.45) is 14.1. The second-order valence-corrected chi connectivity index (χ2v) is 12.2. The Hall–Kier alpha value is -0.560. The van der Waals surface area contributed by atoms with Crippen LogP contribution >= 0.6 is 0 Å². The molecule has 1 N–H and O–H groups in total. The first-order valence-corrected chi connectivity index (χ1v) is 12.7. The Bertz CT molecular complexity index is 672. The van der Waals surface area contributed by atoms with Gasteiger partial charge in [0.05, 0.1) is 6.10 Å². The van der Waals surface area contributed by atoms with Crippen molar-refractivity contribution in [2.75, 3.05) is 0 Å². The first kappa shape index (κ1) is 21.7. The fourth-order valence-corrected chi connectivity index (χ4v) is 8.32. The van der Waals surface area contributed by atoms with Crippen LogP contribution in [-0.4, -0.2) is 11.2 Å². The van der Waals surface area contributed by atoms with E-state index in [1.165, 1.54) is 63.4 Å². The Labute approximate surface area is 180 Å². The second-order valence-electron chi connectivity index (χ2n) is 12.2. The average molecular weight is 399 g/mol. The molecular formula is C28H46O. The number of aliphatic hydroxyl groups is 1. The molecule has 1 unspecified atom stereocenters. The monoisotopic (exact) mass is 398 g/mol. The van der Waals surface area contributed by atoms with Crippen molar-refractivity contribution in [2.24, 2.45) is 40.4 Å². The van der Waals surface area contributed by atoms with E-state index in [4.69, 9.17) is 0 Å². The summed E-state index contributed by atoms with van der Waals surface area (Å²) in [5.74, 6) is 3.91. The molecule has 0 aromatic heterocycles. The lowest BCUT2D eigenvalue weighted by molar-refractivity contribution is 0.0133. The number of hydrogen-bond acceptors (Lipinski definition) is 1. The molecule has 0 spiro atoms. The van der Waals surface area contributed by atoms with Gasteiger partial charge >= 0.3 is 0 Å². The molecule has 0 bridgehead atoms. The van der Waals surface area contributed by atoms with Crippen LogP contribution in [-0.2, 0) is 0 Å². The zero-order chi connectivity index (χ0) is 21.0. The zero-order valence-electron chi connectivity index (χ0n) is 19.9. The largest absolute Gasteiger partial charge is 0.393 e. The molecule has 4 rings (SSSR count). The van der Waals surface area contributed by atoms with E-state index < -0.39 is 0 Å². The van der Waals surface area contributed by atoms with Crippen LogP contribution in [0.1, 0.15) is 105 Å². The first-order valence-electron chi connectivity index (χ1n) is 12.7. The summed E-state index contributed by atoms with van der Waals surface area (Å²) in [7, 11) is 0. The van der Waals surface area contributed by atoms with Gasteiger partial charge in [0.2, 0.25) is 0 Å². The van der Waals surface area contributed by atoms with E-state index in [9.17, 15) is 5.11 Å². The van der Waals surface area contributed by atoms with Gasteiger partial charge in [-0.2, -0.15) is 0 Å². The number of rotatable bonds is 5. The second kappa shape index (κ2) is 7.85. The van der Waals surface area contributed by atoms with Crippen LogP contribution in [0.15, 0.2) is 23.3 Å². The van der Waals surface area contributed by atoms with Crippen molar-refractivity contribution in [2.45, 2.75) is 111 Å². The fraction of sp³-hybridized carbons (Fsp3) is 0.857. The predicted octanol–water partition coefficient (Wildman–Crippen LogP) is 7.70. The predicted molar refractivity (Wildman–Crippen MR) is 124 cm³/mol. The quantitative estimate of drug-likeness (QED) is 0.470. The third-order valence-corrected chi connectivity index (χ3v) is 10.5. The molecule has 2 fully saturated rings. The summed E-state index contributed by atoms with van der Waals surface area (Å²) in [6.45, 7) is 16.7. The van der Waals surface area contributed by atoms with Gasteiger partial charge in [-0.3, -0.25) is 0 Å². The van der Waals surface area contributed by atoms with E-state index in [-0.39, 0.29) is 6.10 Å². The van der Waals surface area contributed by atoms with Gasteiger partial charge in [0.25, 0.3) is 0 Å². The van der Waals surface area contributed by atoms with E-state index in [0.717, 1.165) is 36.5 Å². The van der Waals surface area contributed by atoms with Gasteiger partial charge in [0.15, 0.2) is 0 Å². The summed E-state index contributed by atoms with van der Waals surface area (Å²) in [6, 6.07) is 0. The highest BCUT2D eigenvalue weighted by Crippen LogP contribution is 2.66. The molecule has 0 aromatic carbocycles. The molecule has 0 aliphatic heterocycles. The van der Waals surface area contributed by atoms with Crippen LogP contribution in [0.25, 0.3) is 0 Å². The van der Waals surface area contributed by atoms with Crippen molar-refractivity contribution in [3.8, 4) is 0 Å². The highest BCUT2D eigenvalue weighted by molar-refractivity contribution is 5.34. The van der Waals surface area contributed by atoms with Gasteiger partial charge in [-0.05, 0) is 111 Å². The van der Waals surface area contributed by atoms with Crippen LogP contribution in [0.3, 0.4) is 0 Å². The lowest BCUT2D eigenvalue weighted by Crippen LogP contribution is -2.45. The molecule has 2 saturated carbocycles. The maximum atomic E-state index is 10.2. The van der Waals surface area contributed by atoms with Crippen LogP contribution in [0.4, 0.5) is 0 Å². The van der Waals surface area contributed by atoms with Gasteiger partial charge in [-0.25, -0.2) is 0 Å². The normalized spacial score (nSPS) is 43.0. The van der Waals surface area contributed by atoms with Gasteiger partial charge in [-0.15, -0.1) is 0 Å². The minimum atomic E-state index is -0.0404. The van der Waals surface area contributed by atoms with Crippen LogP contribution in [0, 0.1) is 40.4 Å².